The van der Waals surface area contributed by atoms with Crippen LogP contribution in [0.5, 0.6) is 0 Å². The standard InChI is InChI=1S/C13H20N4/c1-9-7-10(2)12-11(9)13(16-8-15-12)17-5-3-14-4-6-17/h8-10,14H,3-7H2,1-2H3. The number of nitrogens with one attached hydrogen (secondary N) is 1. The normalized spacial score (nSPS) is 28.2. The summed E-state index contributed by atoms with van der Waals surface area (Å²) in [5.41, 5.74) is 2.68. The second-order valence-corrected chi connectivity index (χ2v) is 5.27. The van der Waals surface area contributed by atoms with E-state index in [1.54, 1.807) is 6.33 Å². The zero-order valence-corrected chi connectivity index (χ0v) is 10.6. The zero-order valence-electron chi connectivity index (χ0n) is 10.6. The quantitative estimate of drug-likeness (QED) is 0.796. The number of hydrogen-bond donors (Lipinski definition) is 1. The molecule has 1 aromatic rings. The maximum absolute atomic E-state index is 4.55. The third-order valence-electron chi connectivity index (χ3n) is 3.98. The minimum atomic E-state index is 0.588. The van der Waals surface area contributed by atoms with Crippen molar-refractivity contribution in [2.45, 2.75) is 32.1 Å². The Kier molecular flexibility index (Phi) is 2.74. The molecule has 92 valence electrons. The first-order chi connectivity index (χ1) is 8.27. The number of piperazine rings is 1. The van der Waals surface area contributed by atoms with Crippen LogP contribution in [-0.4, -0.2) is 36.1 Å². The second-order valence-electron chi connectivity index (χ2n) is 5.27. The van der Waals surface area contributed by atoms with Crippen molar-refractivity contribution in [3.8, 4) is 0 Å². The van der Waals surface area contributed by atoms with Gasteiger partial charge in [-0.25, -0.2) is 9.97 Å². The molecule has 1 fully saturated rings. The Morgan fingerprint density at radius 3 is 2.71 bits per heavy atom. The molecule has 2 heterocycles. The average molecular weight is 232 g/mol. The number of rotatable bonds is 1. The Morgan fingerprint density at radius 1 is 1.18 bits per heavy atom. The topological polar surface area (TPSA) is 41.1 Å². The van der Waals surface area contributed by atoms with Crippen molar-refractivity contribution in [3.63, 3.8) is 0 Å². The summed E-state index contributed by atoms with van der Waals surface area (Å²) >= 11 is 0. The van der Waals surface area contributed by atoms with Gasteiger partial charge in [0.2, 0.25) is 0 Å². The lowest BCUT2D eigenvalue weighted by Crippen LogP contribution is -2.44. The van der Waals surface area contributed by atoms with Gasteiger partial charge in [-0.05, 0) is 18.3 Å². The van der Waals surface area contributed by atoms with Gasteiger partial charge in [-0.15, -0.1) is 0 Å². The van der Waals surface area contributed by atoms with Gasteiger partial charge in [0.15, 0.2) is 0 Å². The summed E-state index contributed by atoms with van der Waals surface area (Å²) in [6.07, 6.45) is 2.96. The molecule has 0 aromatic carbocycles. The zero-order chi connectivity index (χ0) is 11.8. The van der Waals surface area contributed by atoms with Gasteiger partial charge < -0.3 is 10.2 Å². The molecule has 0 radical (unpaired) electrons. The summed E-state index contributed by atoms with van der Waals surface area (Å²) in [6.45, 7) is 8.81. The summed E-state index contributed by atoms with van der Waals surface area (Å²) in [6, 6.07) is 0. The molecule has 0 bridgehead atoms. The molecule has 2 aliphatic rings. The van der Waals surface area contributed by atoms with E-state index in [0.29, 0.717) is 11.8 Å². The Balaban J connectivity index is 2.00. The van der Waals surface area contributed by atoms with Crippen molar-refractivity contribution in [1.29, 1.82) is 0 Å². The molecule has 1 N–H and O–H groups in total. The molecular formula is C13H20N4. The minimum absolute atomic E-state index is 0.588. The minimum Gasteiger partial charge on any atom is -0.354 e. The number of aromatic nitrogens is 2. The monoisotopic (exact) mass is 232 g/mol. The first kappa shape index (κ1) is 11.0. The van der Waals surface area contributed by atoms with E-state index in [2.05, 4.69) is 34.0 Å². The highest BCUT2D eigenvalue weighted by atomic mass is 15.2. The van der Waals surface area contributed by atoms with Gasteiger partial charge in [0.05, 0.1) is 5.69 Å². The molecule has 0 amide bonds. The van der Waals surface area contributed by atoms with Crippen LogP contribution in [0.2, 0.25) is 0 Å². The van der Waals surface area contributed by atoms with Crippen molar-refractivity contribution in [1.82, 2.24) is 15.3 Å². The summed E-state index contributed by atoms with van der Waals surface area (Å²) in [4.78, 5) is 11.4. The van der Waals surface area contributed by atoms with E-state index < -0.39 is 0 Å². The molecule has 4 nitrogen and oxygen atoms in total. The lowest BCUT2D eigenvalue weighted by Gasteiger charge is -2.30. The lowest BCUT2D eigenvalue weighted by atomic mass is 10.0. The SMILES string of the molecule is CC1CC(C)c2c1ncnc2N1CCNCC1. The number of anilines is 1. The molecule has 2 atom stereocenters. The fourth-order valence-electron chi connectivity index (χ4n) is 3.15. The molecule has 1 aromatic heterocycles. The number of nitrogens with zero attached hydrogens (tertiary/aromatic N) is 3. The van der Waals surface area contributed by atoms with E-state index in [-0.39, 0.29) is 0 Å². The Hall–Kier alpha value is -1.16. The van der Waals surface area contributed by atoms with Crippen LogP contribution in [-0.2, 0) is 0 Å². The van der Waals surface area contributed by atoms with Gasteiger partial charge in [-0.1, -0.05) is 13.8 Å². The fourth-order valence-corrected chi connectivity index (χ4v) is 3.15. The third-order valence-corrected chi connectivity index (χ3v) is 3.98. The molecule has 2 unspecified atom stereocenters. The van der Waals surface area contributed by atoms with E-state index in [9.17, 15) is 0 Å². The highest BCUT2D eigenvalue weighted by Gasteiger charge is 2.31. The Labute approximate surface area is 102 Å². The predicted octanol–water partition coefficient (Wildman–Crippen LogP) is 1.50. The second kappa shape index (κ2) is 4.26. The molecule has 0 spiro atoms. The van der Waals surface area contributed by atoms with Crippen molar-refractivity contribution < 1.29 is 0 Å². The number of hydrogen-bond acceptors (Lipinski definition) is 4. The third kappa shape index (κ3) is 1.80. The van der Waals surface area contributed by atoms with Crippen molar-refractivity contribution >= 4 is 5.82 Å². The maximum atomic E-state index is 4.55. The smallest absolute Gasteiger partial charge is 0.135 e. The van der Waals surface area contributed by atoms with Gasteiger partial charge in [0.1, 0.15) is 12.1 Å². The summed E-state index contributed by atoms with van der Waals surface area (Å²) in [7, 11) is 0. The van der Waals surface area contributed by atoms with Crippen molar-refractivity contribution in [3.05, 3.63) is 17.6 Å². The van der Waals surface area contributed by atoms with Crippen LogP contribution in [0.3, 0.4) is 0 Å². The van der Waals surface area contributed by atoms with Crippen LogP contribution in [0.4, 0.5) is 5.82 Å². The Bertz CT molecular complexity index is 412. The van der Waals surface area contributed by atoms with Crippen LogP contribution < -0.4 is 10.2 Å². The molecule has 4 heteroatoms. The van der Waals surface area contributed by atoms with Gasteiger partial charge in [-0.2, -0.15) is 0 Å². The van der Waals surface area contributed by atoms with Crippen LogP contribution in [0.15, 0.2) is 6.33 Å². The summed E-state index contributed by atoms with van der Waals surface area (Å²) in [5, 5.41) is 3.39. The van der Waals surface area contributed by atoms with Gasteiger partial charge in [-0.3, -0.25) is 0 Å². The van der Waals surface area contributed by atoms with E-state index >= 15 is 0 Å². The highest BCUT2D eigenvalue weighted by Crippen LogP contribution is 2.43. The molecule has 17 heavy (non-hydrogen) atoms. The van der Waals surface area contributed by atoms with E-state index in [0.717, 1.165) is 26.2 Å². The van der Waals surface area contributed by atoms with Crippen molar-refractivity contribution in [2.75, 3.05) is 31.1 Å². The predicted molar refractivity (Wildman–Crippen MR) is 68.6 cm³/mol. The lowest BCUT2D eigenvalue weighted by molar-refractivity contribution is 0.580. The first-order valence-corrected chi connectivity index (χ1v) is 6.58. The van der Waals surface area contributed by atoms with Crippen LogP contribution >= 0.6 is 0 Å². The van der Waals surface area contributed by atoms with Gasteiger partial charge in [0, 0.05) is 31.7 Å². The van der Waals surface area contributed by atoms with Crippen molar-refractivity contribution in [2.24, 2.45) is 0 Å². The van der Waals surface area contributed by atoms with E-state index in [1.165, 1.54) is 23.5 Å². The molecule has 0 saturated carbocycles. The number of fused-ring (bicyclic) bond motifs is 1. The summed E-state index contributed by atoms with van der Waals surface area (Å²) in [5.74, 6) is 2.38. The molecule has 1 aliphatic heterocycles. The first-order valence-electron chi connectivity index (χ1n) is 6.58. The van der Waals surface area contributed by atoms with Gasteiger partial charge in [0.25, 0.3) is 0 Å². The molecule has 1 saturated heterocycles. The highest BCUT2D eigenvalue weighted by molar-refractivity contribution is 5.53. The Morgan fingerprint density at radius 2 is 1.94 bits per heavy atom. The van der Waals surface area contributed by atoms with Crippen LogP contribution in [0.25, 0.3) is 0 Å². The fraction of sp³-hybridized carbons (Fsp3) is 0.692. The molecule has 1 aliphatic carbocycles. The molecular weight excluding hydrogens is 212 g/mol. The summed E-state index contributed by atoms with van der Waals surface area (Å²) < 4.78 is 0. The van der Waals surface area contributed by atoms with Crippen LogP contribution in [0.1, 0.15) is 43.4 Å². The largest absolute Gasteiger partial charge is 0.354 e. The van der Waals surface area contributed by atoms with Gasteiger partial charge >= 0.3 is 0 Å². The average Bonchev–Trinajstić information content (AvgIpc) is 2.66. The van der Waals surface area contributed by atoms with E-state index in [4.69, 9.17) is 0 Å². The molecule has 3 rings (SSSR count). The maximum Gasteiger partial charge on any atom is 0.135 e. The van der Waals surface area contributed by atoms with Crippen LogP contribution in [0, 0.1) is 0 Å². The van der Waals surface area contributed by atoms with E-state index in [1.807, 2.05) is 0 Å².